The lowest BCUT2D eigenvalue weighted by molar-refractivity contribution is 0.0899. The van der Waals surface area contributed by atoms with E-state index in [9.17, 15) is 0 Å². The zero-order valence-electron chi connectivity index (χ0n) is 14.2. The van der Waals surface area contributed by atoms with E-state index in [2.05, 4.69) is 21.7 Å². The number of piperazine rings is 1. The first-order valence-corrected chi connectivity index (χ1v) is 8.46. The molecule has 0 aromatic carbocycles. The van der Waals surface area contributed by atoms with E-state index >= 15 is 0 Å². The third-order valence-corrected chi connectivity index (χ3v) is 4.09. The number of likely N-dealkylation sites (N-methyl/N-ethyl adjacent to an activating group) is 1. The van der Waals surface area contributed by atoms with Crippen LogP contribution in [-0.4, -0.2) is 96.5 Å². The summed E-state index contributed by atoms with van der Waals surface area (Å²) in [5.74, 6) is 0. The lowest BCUT2D eigenvalue weighted by atomic mass is 10.1. The average Bonchev–Trinajstić information content (AvgIpc) is 2.42. The number of β-amino-alcohol motifs (C(OH)–C–C–N with tert-alkyl or cyclic N) is 2. The maximum absolute atomic E-state index is 9.12. The van der Waals surface area contributed by atoms with E-state index in [0.717, 1.165) is 39.3 Å². The Balaban J connectivity index is 0.000000211. The topological polar surface area (TPSA) is 50.2 Å². The van der Waals surface area contributed by atoms with E-state index in [1.807, 2.05) is 13.8 Å². The van der Waals surface area contributed by atoms with Crippen LogP contribution in [0.2, 0.25) is 0 Å². The number of likely N-dealkylation sites (tertiary alicyclic amines) is 1. The molecule has 0 aliphatic carbocycles. The van der Waals surface area contributed by atoms with Gasteiger partial charge in [-0.1, -0.05) is 6.42 Å². The fraction of sp³-hybridized carbons (Fsp3) is 1.00. The van der Waals surface area contributed by atoms with Crippen molar-refractivity contribution in [1.29, 1.82) is 0 Å². The van der Waals surface area contributed by atoms with Crippen molar-refractivity contribution < 1.29 is 10.2 Å². The molecule has 0 bridgehead atoms. The first kappa shape index (κ1) is 18.8. The standard InChI is InChI=1S/C8H18N2O.C8H17NO/c1-8(11)7-10-5-3-9(2)4-6-10;1-8(10)7-9-5-3-2-4-6-9/h8,11H,3-7H2,1-2H3;8,10H,2-7H2,1H3. The minimum Gasteiger partial charge on any atom is -0.392 e. The number of hydrogen-bond acceptors (Lipinski definition) is 5. The van der Waals surface area contributed by atoms with E-state index in [1.54, 1.807) is 0 Å². The van der Waals surface area contributed by atoms with Crippen molar-refractivity contribution in [3.8, 4) is 0 Å². The minimum absolute atomic E-state index is 0.155. The first-order valence-electron chi connectivity index (χ1n) is 8.46. The summed E-state index contributed by atoms with van der Waals surface area (Å²) in [6.07, 6.45) is 3.66. The second-order valence-corrected chi connectivity index (χ2v) is 6.66. The van der Waals surface area contributed by atoms with Crippen LogP contribution in [0.5, 0.6) is 0 Å². The molecule has 5 heteroatoms. The SMILES string of the molecule is CC(O)CN1CCCCC1.CC(O)CN1CCN(C)CC1. The minimum atomic E-state index is -0.182. The van der Waals surface area contributed by atoms with Crippen molar-refractivity contribution >= 4 is 0 Å². The van der Waals surface area contributed by atoms with Gasteiger partial charge >= 0.3 is 0 Å². The summed E-state index contributed by atoms with van der Waals surface area (Å²) in [5, 5.41) is 18.2. The molecule has 2 heterocycles. The van der Waals surface area contributed by atoms with Gasteiger partial charge in [0.2, 0.25) is 0 Å². The fourth-order valence-electron chi connectivity index (χ4n) is 2.92. The molecule has 0 amide bonds. The van der Waals surface area contributed by atoms with Crippen LogP contribution >= 0.6 is 0 Å². The van der Waals surface area contributed by atoms with Gasteiger partial charge in [0.15, 0.2) is 0 Å². The quantitative estimate of drug-likeness (QED) is 0.790. The van der Waals surface area contributed by atoms with Crippen LogP contribution in [-0.2, 0) is 0 Å². The summed E-state index contributed by atoms with van der Waals surface area (Å²) in [6, 6.07) is 0. The molecule has 126 valence electrons. The predicted molar refractivity (Wildman–Crippen MR) is 87.6 cm³/mol. The average molecular weight is 301 g/mol. The van der Waals surface area contributed by atoms with Gasteiger partial charge in [-0.2, -0.15) is 0 Å². The van der Waals surface area contributed by atoms with Crippen LogP contribution in [0.25, 0.3) is 0 Å². The Kier molecular flexibility index (Phi) is 9.44. The molecule has 2 unspecified atom stereocenters. The van der Waals surface area contributed by atoms with E-state index < -0.39 is 0 Å². The van der Waals surface area contributed by atoms with Gasteiger partial charge in [-0.15, -0.1) is 0 Å². The van der Waals surface area contributed by atoms with Crippen LogP contribution in [0.3, 0.4) is 0 Å². The van der Waals surface area contributed by atoms with Crippen LogP contribution < -0.4 is 0 Å². The van der Waals surface area contributed by atoms with E-state index in [-0.39, 0.29) is 12.2 Å². The second kappa shape index (κ2) is 10.5. The number of nitrogens with zero attached hydrogens (tertiary/aromatic N) is 3. The van der Waals surface area contributed by atoms with Gasteiger partial charge in [-0.3, -0.25) is 4.90 Å². The van der Waals surface area contributed by atoms with Gasteiger partial charge in [-0.25, -0.2) is 0 Å². The predicted octanol–water partition coefficient (Wildman–Crippen LogP) is 0.468. The Morgan fingerprint density at radius 2 is 1.14 bits per heavy atom. The van der Waals surface area contributed by atoms with Crippen molar-refractivity contribution in [2.45, 2.75) is 45.3 Å². The second-order valence-electron chi connectivity index (χ2n) is 6.66. The Bertz CT molecular complexity index is 248. The number of hydrogen-bond donors (Lipinski definition) is 2. The molecular formula is C16H35N3O2. The molecule has 2 atom stereocenters. The summed E-state index contributed by atoms with van der Waals surface area (Å²) < 4.78 is 0. The molecule has 0 aromatic rings. The highest BCUT2D eigenvalue weighted by molar-refractivity contribution is 4.70. The van der Waals surface area contributed by atoms with Crippen LogP contribution in [0.15, 0.2) is 0 Å². The Labute approximate surface area is 130 Å². The third-order valence-electron chi connectivity index (χ3n) is 4.09. The summed E-state index contributed by atoms with van der Waals surface area (Å²) in [4.78, 5) is 6.97. The summed E-state index contributed by atoms with van der Waals surface area (Å²) in [7, 11) is 2.14. The summed E-state index contributed by atoms with van der Waals surface area (Å²) in [6.45, 7) is 12.2. The van der Waals surface area contributed by atoms with Crippen LogP contribution in [0.1, 0.15) is 33.1 Å². The van der Waals surface area contributed by atoms with Crippen molar-refractivity contribution in [2.24, 2.45) is 0 Å². The lowest BCUT2D eigenvalue weighted by Gasteiger charge is -2.32. The van der Waals surface area contributed by atoms with Crippen molar-refractivity contribution in [2.75, 3.05) is 59.4 Å². The number of piperidine rings is 1. The van der Waals surface area contributed by atoms with Gasteiger partial charge in [-0.05, 0) is 46.8 Å². The largest absolute Gasteiger partial charge is 0.392 e. The highest BCUT2D eigenvalue weighted by atomic mass is 16.3. The van der Waals surface area contributed by atoms with E-state index in [0.29, 0.717) is 0 Å². The molecule has 0 saturated carbocycles. The molecule has 0 aromatic heterocycles. The molecule has 2 rings (SSSR count). The maximum Gasteiger partial charge on any atom is 0.0639 e. The number of rotatable bonds is 4. The number of aliphatic hydroxyl groups is 2. The molecule has 2 saturated heterocycles. The van der Waals surface area contributed by atoms with Gasteiger partial charge in [0.25, 0.3) is 0 Å². The first-order chi connectivity index (χ1) is 9.97. The summed E-state index contributed by atoms with van der Waals surface area (Å²) in [5.41, 5.74) is 0. The molecule has 5 nitrogen and oxygen atoms in total. The molecule has 2 aliphatic rings. The van der Waals surface area contributed by atoms with Crippen molar-refractivity contribution in [3.05, 3.63) is 0 Å². The zero-order chi connectivity index (χ0) is 15.7. The lowest BCUT2D eigenvalue weighted by Crippen LogP contribution is -2.46. The van der Waals surface area contributed by atoms with Gasteiger partial charge in [0.05, 0.1) is 12.2 Å². The Morgan fingerprint density at radius 1 is 0.714 bits per heavy atom. The van der Waals surface area contributed by atoms with Crippen molar-refractivity contribution in [1.82, 2.24) is 14.7 Å². The number of aliphatic hydroxyl groups excluding tert-OH is 2. The maximum atomic E-state index is 9.12. The van der Waals surface area contributed by atoms with Gasteiger partial charge < -0.3 is 20.0 Å². The highest BCUT2D eigenvalue weighted by Crippen LogP contribution is 2.08. The summed E-state index contributed by atoms with van der Waals surface area (Å²) >= 11 is 0. The van der Waals surface area contributed by atoms with Crippen LogP contribution in [0.4, 0.5) is 0 Å². The molecule has 2 N–H and O–H groups in total. The van der Waals surface area contributed by atoms with Gasteiger partial charge in [0.1, 0.15) is 0 Å². The molecule has 0 spiro atoms. The smallest absolute Gasteiger partial charge is 0.0639 e. The highest BCUT2D eigenvalue weighted by Gasteiger charge is 2.14. The monoisotopic (exact) mass is 301 g/mol. The van der Waals surface area contributed by atoms with Crippen LogP contribution in [0, 0.1) is 0 Å². The Hall–Kier alpha value is -0.200. The normalized spacial score (nSPS) is 25.0. The Morgan fingerprint density at radius 3 is 1.57 bits per heavy atom. The van der Waals surface area contributed by atoms with E-state index in [1.165, 1.54) is 32.4 Å². The molecule has 2 aliphatic heterocycles. The van der Waals surface area contributed by atoms with Crippen molar-refractivity contribution in [3.63, 3.8) is 0 Å². The molecular weight excluding hydrogens is 266 g/mol. The fourth-order valence-corrected chi connectivity index (χ4v) is 2.92. The molecule has 0 radical (unpaired) electrons. The molecule has 2 fully saturated rings. The zero-order valence-corrected chi connectivity index (χ0v) is 14.2. The van der Waals surface area contributed by atoms with Gasteiger partial charge in [0, 0.05) is 39.3 Å². The third kappa shape index (κ3) is 9.42. The molecule has 21 heavy (non-hydrogen) atoms. The van der Waals surface area contributed by atoms with E-state index in [4.69, 9.17) is 10.2 Å².